The van der Waals surface area contributed by atoms with Gasteiger partial charge in [0.2, 0.25) is 0 Å². The van der Waals surface area contributed by atoms with Crippen molar-refractivity contribution in [3.05, 3.63) is 130 Å². The third-order valence-electron chi connectivity index (χ3n) is 10.7. The molecule has 0 heterocycles. The summed E-state index contributed by atoms with van der Waals surface area (Å²) in [7, 11) is 0. The third kappa shape index (κ3) is 3.94. The Morgan fingerprint density at radius 2 is 1.57 bits per heavy atom. The van der Waals surface area contributed by atoms with Crippen molar-refractivity contribution >= 4 is 23.3 Å². The van der Waals surface area contributed by atoms with E-state index >= 15 is 0 Å². The van der Waals surface area contributed by atoms with Crippen molar-refractivity contribution in [2.45, 2.75) is 74.7 Å². The lowest BCUT2D eigenvalue weighted by molar-refractivity contribution is 0.0544. The van der Waals surface area contributed by atoms with Crippen LogP contribution in [0.1, 0.15) is 94.7 Å². The molecule has 0 fully saturated rings. The zero-order valence-corrected chi connectivity index (χ0v) is 26.1. The van der Waals surface area contributed by atoms with E-state index < -0.39 is 0 Å². The molecule has 3 aliphatic rings. The summed E-state index contributed by atoms with van der Waals surface area (Å²) in [6.45, 7) is 36.6. The van der Waals surface area contributed by atoms with Gasteiger partial charge in [0.05, 0.1) is 0 Å². The van der Waals surface area contributed by atoms with Gasteiger partial charge in [0.25, 0.3) is 0 Å². The zero-order valence-electron chi connectivity index (χ0n) is 26.1. The van der Waals surface area contributed by atoms with Gasteiger partial charge in [-0.2, -0.15) is 0 Å². The Morgan fingerprint density at radius 1 is 0.875 bits per heavy atom. The molecular formula is C40H46. The van der Waals surface area contributed by atoms with E-state index in [1.165, 1.54) is 66.8 Å². The molecule has 0 saturated heterocycles. The molecule has 0 amide bonds. The molecule has 2 aromatic rings. The van der Waals surface area contributed by atoms with Crippen molar-refractivity contribution < 1.29 is 0 Å². The zero-order chi connectivity index (χ0) is 29.4. The lowest BCUT2D eigenvalue weighted by Crippen LogP contribution is -2.52. The van der Waals surface area contributed by atoms with Crippen LogP contribution in [0.3, 0.4) is 0 Å². The molecule has 2 aromatic carbocycles. The molecule has 0 bridgehead atoms. The van der Waals surface area contributed by atoms with Gasteiger partial charge in [0.15, 0.2) is 0 Å². The normalized spacial score (nSPS) is 28.0. The second-order valence-electron chi connectivity index (χ2n) is 13.7. The number of allylic oxidation sites excluding steroid dienone is 8. The SMILES string of the molecule is C=C(C)C1=C(C)C[C@@]2(C)C[C@@]3(C)Cc4c(/C=C/c5cccc(C(=C)C)c5)ccc(C)c4C(=C)C3=C(C)[C@@]2(C)C1=C. The Kier molecular flexibility index (Phi) is 6.57. The van der Waals surface area contributed by atoms with Gasteiger partial charge in [-0.25, -0.2) is 0 Å². The van der Waals surface area contributed by atoms with E-state index in [1.54, 1.807) is 0 Å². The first kappa shape index (κ1) is 28.2. The van der Waals surface area contributed by atoms with Crippen molar-refractivity contribution in [1.29, 1.82) is 0 Å². The quantitative estimate of drug-likeness (QED) is 0.348. The number of hydrogen-bond acceptors (Lipinski definition) is 0. The van der Waals surface area contributed by atoms with Gasteiger partial charge in [-0.05, 0) is 126 Å². The molecule has 5 rings (SSSR count). The van der Waals surface area contributed by atoms with Crippen molar-refractivity contribution in [1.82, 2.24) is 0 Å². The fourth-order valence-electron chi connectivity index (χ4n) is 8.81. The Hall–Kier alpha value is -3.38. The van der Waals surface area contributed by atoms with Gasteiger partial charge in [0.1, 0.15) is 0 Å². The maximum Gasteiger partial charge on any atom is 0.0194 e. The molecule has 0 unspecified atom stereocenters. The van der Waals surface area contributed by atoms with Crippen LogP contribution in [-0.2, 0) is 6.42 Å². The van der Waals surface area contributed by atoms with Gasteiger partial charge >= 0.3 is 0 Å². The number of fused-ring (bicyclic) bond motifs is 3. The third-order valence-corrected chi connectivity index (χ3v) is 10.7. The summed E-state index contributed by atoms with van der Waals surface area (Å²) in [6.07, 6.45) is 7.76. The van der Waals surface area contributed by atoms with E-state index in [2.05, 4.69) is 117 Å². The average Bonchev–Trinajstić information content (AvgIpc) is 2.85. The summed E-state index contributed by atoms with van der Waals surface area (Å²) < 4.78 is 0. The molecule has 40 heavy (non-hydrogen) atoms. The molecule has 0 spiro atoms. The van der Waals surface area contributed by atoms with Gasteiger partial charge in [0, 0.05) is 5.41 Å². The minimum atomic E-state index is -0.129. The van der Waals surface area contributed by atoms with Crippen molar-refractivity contribution in [2.75, 3.05) is 0 Å². The fourth-order valence-corrected chi connectivity index (χ4v) is 8.81. The predicted molar refractivity (Wildman–Crippen MR) is 177 cm³/mol. The maximum atomic E-state index is 4.82. The standard InChI is InChI=1S/C40H46/c1-24(2)33-15-13-14-31(20-33)17-19-32-18-16-26(5)36-28(7)37-30(9)40(12)29(8)35(25(3)4)27(6)21-39(40,11)23-38(37,10)22-34(32)36/h13-20H,1,3,7-8,21-23H2,2,4-6,9-12H3/b19-17+/t38-,39+,40-/m1/s1. The Bertz CT molecular complexity index is 1610. The molecular weight excluding hydrogens is 480 g/mol. The first-order valence-corrected chi connectivity index (χ1v) is 14.7. The summed E-state index contributed by atoms with van der Waals surface area (Å²) in [5.41, 5.74) is 18.0. The molecule has 3 atom stereocenters. The van der Waals surface area contributed by atoms with E-state index in [-0.39, 0.29) is 16.2 Å². The van der Waals surface area contributed by atoms with Crippen molar-refractivity contribution in [2.24, 2.45) is 16.2 Å². The van der Waals surface area contributed by atoms with Crippen LogP contribution in [0.25, 0.3) is 23.3 Å². The van der Waals surface area contributed by atoms with Crippen molar-refractivity contribution in [3.8, 4) is 0 Å². The minimum absolute atomic E-state index is 0.0139. The highest BCUT2D eigenvalue weighted by Crippen LogP contribution is 2.70. The first-order valence-electron chi connectivity index (χ1n) is 14.7. The molecule has 0 heteroatoms. The van der Waals surface area contributed by atoms with Crippen molar-refractivity contribution in [3.63, 3.8) is 0 Å². The Morgan fingerprint density at radius 3 is 2.23 bits per heavy atom. The fraction of sp³-hybridized carbons (Fsp3) is 0.350. The summed E-state index contributed by atoms with van der Waals surface area (Å²) >= 11 is 0. The molecule has 0 aliphatic heterocycles. The number of rotatable bonds is 4. The van der Waals surface area contributed by atoms with E-state index in [0.717, 1.165) is 30.4 Å². The van der Waals surface area contributed by atoms with E-state index in [9.17, 15) is 0 Å². The van der Waals surface area contributed by atoms with E-state index in [1.807, 2.05) is 0 Å². The second kappa shape index (κ2) is 9.34. The molecule has 3 aliphatic carbocycles. The number of hydrogen-bond donors (Lipinski definition) is 0. The molecule has 0 aromatic heterocycles. The van der Waals surface area contributed by atoms with Crippen LogP contribution < -0.4 is 0 Å². The van der Waals surface area contributed by atoms with Gasteiger partial charge in [-0.3, -0.25) is 0 Å². The maximum absolute atomic E-state index is 4.82. The van der Waals surface area contributed by atoms with Crippen LogP contribution in [0.15, 0.2) is 96.2 Å². The number of aryl methyl sites for hydroxylation is 1. The average molecular weight is 527 g/mol. The monoisotopic (exact) mass is 526 g/mol. The number of benzene rings is 2. The van der Waals surface area contributed by atoms with Crippen LogP contribution in [0.4, 0.5) is 0 Å². The van der Waals surface area contributed by atoms with E-state index in [4.69, 9.17) is 13.2 Å². The van der Waals surface area contributed by atoms with Crippen LogP contribution in [-0.4, -0.2) is 0 Å². The van der Waals surface area contributed by atoms with Gasteiger partial charge < -0.3 is 0 Å². The van der Waals surface area contributed by atoms with Gasteiger partial charge in [-0.15, -0.1) is 0 Å². The smallest absolute Gasteiger partial charge is 0.0194 e. The predicted octanol–water partition coefficient (Wildman–Crippen LogP) is 11.4. The largest absolute Gasteiger partial charge is 0.0955 e. The minimum Gasteiger partial charge on any atom is -0.0955 e. The molecule has 0 radical (unpaired) electrons. The Balaban J connectivity index is 1.66. The Labute approximate surface area is 243 Å². The first-order chi connectivity index (χ1) is 18.6. The highest BCUT2D eigenvalue weighted by Gasteiger charge is 2.59. The van der Waals surface area contributed by atoms with Crippen LogP contribution in [0, 0.1) is 23.2 Å². The van der Waals surface area contributed by atoms with Crippen LogP contribution in [0.5, 0.6) is 0 Å². The summed E-state index contributed by atoms with van der Waals surface area (Å²) in [5.74, 6) is 0. The molecule has 206 valence electrons. The highest BCUT2D eigenvalue weighted by molar-refractivity contribution is 5.89. The molecule has 0 saturated carbocycles. The van der Waals surface area contributed by atoms with Crippen LogP contribution >= 0.6 is 0 Å². The van der Waals surface area contributed by atoms with Crippen LogP contribution in [0.2, 0.25) is 0 Å². The highest BCUT2D eigenvalue weighted by atomic mass is 14.6. The summed E-state index contributed by atoms with van der Waals surface area (Å²) in [5, 5.41) is 0. The van der Waals surface area contributed by atoms with Gasteiger partial charge in [-0.1, -0.05) is 112 Å². The lowest BCUT2D eigenvalue weighted by Gasteiger charge is -2.62. The summed E-state index contributed by atoms with van der Waals surface area (Å²) in [4.78, 5) is 0. The molecule has 0 N–H and O–H groups in total. The topological polar surface area (TPSA) is 0 Å². The molecule has 0 nitrogen and oxygen atoms in total. The second-order valence-corrected chi connectivity index (χ2v) is 13.7. The van der Waals surface area contributed by atoms with E-state index in [0.29, 0.717) is 0 Å². The lowest BCUT2D eigenvalue weighted by atomic mass is 9.41. The summed E-state index contributed by atoms with van der Waals surface area (Å²) in [6, 6.07) is 13.2.